The van der Waals surface area contributed by atoms with E-state index < -0.39 is 9.85 Å². The van der Waals surface area contributed by atoms with E-state index in [4.69, 9.17) is 0 Å². The first kappa shape index (κ1) is 14.0. The van der Waals surface area contributed by atoms with Gasteiger partial charge in [0.25, 0.3) is 11.4 Å². The van der Waals surface area contributed by atoms with Gasteiger partial charge in [0.05, 0.1) is 15.9 Å². The molecule has 7 nitrogen and oxygen atoms in total. The normalized spacial score (nSPS) is 10.6. The number of rotatable bonds is 6. The van der Waals surface area contributed by atoms with Gasteiger partial charge in [-0.25, -0.2) is 0 Å². The Morgan fingerprint density at radius 2 is 1.89 bits per heavy atom. The van der Waals surface area contributed by atoms with Crippen LogP contribution in [-0.2, 0) is 6.42 Å². The van der Waals surface area contributed by atoms with E-state index in [0.717, 1.165) is 6.07 Å². The summed E-state index contributed by atoms with van der Waals surface area (Å²) >= 11 is 0. The van der Waals surface area contributed by atoms with Gasteiger partial charge >= 0.3 is 0 Å². The Bertz CT molecular complexity index is 460. The van der Waals surface area contributed by atoms with Crippen LogP contribution < -0.4 is 5.32 Å². The van der Waals surface area contributed by atoms with E-state index in [2.05, 4.69) is 5.32 Å². The molecule has 98 valence electrons. The minimum Gasteiger partial charge on any atom is -0.314 e. The van der Waals surface area contributed by atoms with E-state index >= 15 is 0 Å². The largest absolute Gasteiger partial charge is 0.314 e. The zero-order valence-electron chi connectivity index (χ0n) is 10.3. The molecule has 0 saturated heterocycles. The summed E-state index contributed by atoms with van der Waals surface area (Å²) in [7, 11) is 0. The van der Waals surface area contributed by atoms with Gasteiger partial charge in [-0.2, -0.15) is 0 Å². The summed E-state index contributed by atoms with van der Waals surface area (Å²) in [4.78, 5) is 20.2. The molecular formula is C11H15N3O4. The van der Waals surface area contributed by atoms with E-state index in [1.54, 1.807) is 0 Å². The fraction of sp³-hybridized carbons (Fsp3) is 0.455. The number of nitrogens with one attached hydrogen (secondary N) is 1. The van der Waals surface area contributed by atoms with Gasteiger partial charge < -0.3 is 5.32 Å². The molecule has 0 spiro atoms. The molecule has 1 aromatic rings. The van der Waals surface area contributed by atoms with Crippen molar-refractivity contribution in [3.63, 3.8) is 0 Å². The van der Waals surface area contributed by atoms with Crippen LogP contribution in [0.15, 0.2) is 18.2 Å². The maximum atomic E-state index is 10.9. The molecule has 1 aromatic carbocycles. The number of benzene rings is 1. The van der Waals surface area contributed by atoms with Crippen molar-refractivity contribution >= 4 is 11.4 Å². The summed E-state index contributed by atoms with van der Waals surface area (Å²) in [6.07, 6.45) is 0.465. The van der Waals surface area contributed by atoms with Crippen LogP contribution in [-0.4, -0.2) is 22.4 Å². The van der Waals surface area contributed by atoms with Crippen molar-refractivity contribution < 1.29 is 9.85 Å². The molecule has 0 bridgehead atoms. The maximum absolute atomic E-state index is 10.9. The minimum atomic E-state index is -0.636. The van der Waals surface area contributed by atoms with Gasteiger partial charge in [-0.05, 0) is 19.0 Å². The third kappa shape index (κ3) is 3.77. The number of hydrogen-bond donors (Lipinski definition) is 1. The smallest absolute Gasteiger partial charge is 0.279 e. The summed E-state index contributed by atoms with van der Waals surface area (Å²) in [5.74, 6) is 0. The topological polar surface area (TPSA) is 98.3 Å². The van der Waals surface area contributed by atoms with Crippen molar-refractivity contribution in [3.8, 4) is 0 Å². The second-order valence-electron chi connectivity index (χ2n) is 4.19. The van der Waals surface area contributed by atoms with Crippen LogP contribution >= 0.6 is 0 Å². The molecule has 0 saturated carbocycles. The van der Waals surface area contributed by atoms with Crippen LogP contribution in [0.2, 0.25) is 0 Å². The molecule has 1 rings (SSSR count). The fourth-order valence-corrected chi connectivity index (χ4v) is 1.54. The summed E-state index contributed by atoms with van der Waals surface area (Å²) < 4.78 is 0. The van der Waals surface area contributed by atoms with E-state index in [-0.39, 0.29) is 11.4 Å². The number of non-ortho nitro benzene ring substituents is 1. The summed E-state index contributed by atoms with van der Waals surface area (Å²) in [6, 6.07) is 4.03. The molecule has 0 amide bonds. The molecule has 0 atom stereocenters. The molecule has 1 N–H and O–H groups in total. The van der Waals surface area contributed by atoms with Crippen LogP contribution in [0, 0.1) is 20.2 Å². The molecule has 0 radical (unpaired) electrons. The second-order valence-corrected chi connectivity index (χ2v) is 4.19. The average molecular weight is 253 g/mol. The number of hydrogen-bond acceptors (Lipinski definition) is 5. The van der Waals surface area contributed by atoms with Gasteiger partial charge in [-0.1, -0.05) is 13.8 Å². The van der Waals surface area contributed by atoms with Crippen molar-refractivity contribution in [3.05, 3.63) is 44.0 Å². The van der Waals surface area contributed by atoms with E-state index in [1.165, 1.54) is 12.1 Å². The molecule has 18 heavy (non-hydrogen) atoms. The quantitative estimate of drug-likeness (QED) is 0.617. The first-order valence-corrected chi connectivity index (χ1v) is 5.57. The average Bonchev–Trinajstić information content (AvgIpc) is 2.28. The Balaban J connectivity index is 2.90. The standard InChI is InChI=1S/C11H15N3O4/c1-8(2)12-6-5-9-3-4-10(13(15)16)7-11(9)14(17)18/h3-4,7-8,12H,5-6H2,1-2H3. The van der Waals surface area contributed by atoms with Gasteiger partial charge in [-0.3, -0.25) is 20.2 Å². The van der Waals surface area contributed by atoms with Crippen LogP contribution in [0.1, 0.15) is 19.4 Å². The molecule has 7 heteroatoms. The fourth-order valence-electron chi connectivity index (χ4n) is 1.54. The van der Waals surface area contributed by atoms with Gasteiger partial charge in [-0.15, -0.1) is 0 Å². The number of nitrogens with zero attached hydrogens (tertiary/aromatic N) is 2. The SMILES string of the molecule is CC(C)NCCc1ccc([N+](=O)[O-])cc1[N+](=O)[O-]. The predicted molar refractivity (Wildman–Crippen MR) is 66.6 cm³/mol. The van der Waals surface area contributed by atoms with Gasteiger partial charge in [0.15, 0.2) is 0 Å². The Morgan fingerprint density at radius 1 is 1.22 bits per heavy atom. The second kappa shape index (κ2) is 6.06. The molecular weight excluding hydrogens is 238 g/mol. The van der Waals surface area contributed by atoms with Gasteiger partial charge in [0, 0.05) is 17.7 Å². The summed E-state index contributed by atoms with van der Waals surface area (Å²) in [5.41, 5.74) is 0.0378. The van der Waals surface area contributed by atoms with Gasteiger partial charge in [0.2, 0.25) is 0 Å². The summed E-state index contributed by atoms with van der Waals surface area (Å²) in [5, 5.41) is 24.6. The van der Waals surface area contributed by atoms with Crippen molar-refractivity contribution in [1.82, 2.24) is 5.32 Å². The molecule has 0 aromatic heterocycles. The highest BCUT2D eigenvalue weighted by Gasteiger charge is 2.18. The highest BCUT2D eigenvalue weighted by molar-refractivity contribution is 5.49. The summed E-state index contributed by atoms with van der Waals surface area (Å²) in [6.45, 7) is 4.55. The highest BCUT2D eigenvalue weighted by atomic mass is 16.6. The minimum absolute atomic E-state index is 0.199. The monoisotopic (exact) mass is 253 g/mol. The lowest BCUT2D eigenvalue weighted by Gasteiger charge is -2.08. The first-order valence-electron chi connectivity index (χ1n) is 5.57. The Morgan fingerprint density at radius 3 is 2.39 bits per heavy atom. The third-order valence-corrected chi connectivity index (χ3v) is 2.42. The lowest BCUT2D eigenvalue weighted by molar-refractivity contribution is -0.394. The molecule has 0 heterocycles. The van der Waals surface area contributed by atoms with E-state index in [1.807, 2.05) is 13.8 Å². The Kier molecular flexibility index (Phi) is 4.73. The lowest BCUT2D eigenvalue weighted by atomic mass is 10.1. The Hall–Kier alpha value is -2.02. The molecule has 0 aliphatic carbocycles. The van der Waals surface area contributed by atoms with Crippen LogP contribution in [0.3, 0.4) is 0 Å². The van der Waals surface area contributed by atoms with Crippen LogP contribution in [0.5, 0.6) is 0 Å². The predicted octanol–water partition coefficient (Wildman–Crippen LogP) is 2.04. The molecule has 0 fully saturated rings. The third-order valence-electron chi connectivity index (χ3n) is 2.42. The highest BCUT2D eigenvalue weighted by Crippen LogP contribution is 2.24. The van der Waals surface area contributed by atoms with Crippen molar-refractivity contribution in [2.75, 3.05) is 6.54 Å². The van der Waals surface area contributed by atoms with E-state index in [0.29, 0.717) is 24.6 Å². The molecule has 0 unspecified atom stereocenters. The zero-order chi connectivity index (χ0) is 13.7. The van der Waals surface area contributed by atoms with Crippen LogP contribution in [0.25, 0.3) is 0 Å². The maximum Gasteiger partial charge on any atom is 0.279 e. The van der Waals surface area contributed by atoms with Crippen molar-refractivity contribution in [2.24, 2.45) is 0 Å². The van der Waals surface area contributed by atoms with Gasteiger partial charge in [0.1, 0.15) is 0 Å². The van der Waals surface area contributed by atoms with Crippen molar-refractivity contribution in [1.29, 1.82) is 0 Å². The van der Waals surface area contributed by atoms with Crippen molar-refractivity contribution in [2.45, 2.75) is 26.3 Å². The lowest BCUT2D eigenvalue weighted by Crippen LogP contribution is -2.25. The molecule has 0 aliphatic heterocycles. The number of nitro groups is 2. The zero-order valence-corrected chi connectivity index (χ0v) is 10.3. The Labute approximate surface area is 104 Å². The van der Waals surface area contributed by atoms with E-state index in [9.17, 15) is 20.2 Å². The number of nitro benzene ring substituents is 2. The molecule has 0 aliphatic rings. The van der Waals surface area contributed by atoms with Crippen LogP contribution in [0.4, 0.5) is 11.4 Å². The first-order chi connectivity index (χ1) is 8.41.